The summed E-state index contributed by atoms with van der Waals surface area (Å²) in [6, 6.07) is 19.4. The zero-order chi connectivity index (χ0) is 22.0. The predicted molar refractivity (Wildman–Crippen MR) is 118 cm³/mol. The fraction of sp³-hybridized carbons (Fsp3) is 0.208. The summed E-state index contributed by atoms with van der Waals surface area (Å²) in [5.74, 6) is 0.402. The Hall–Kier alpha value is -3.38. The fourth-order valence-electron chi connectivity index (χ4n) is 3.94. The first-order chi connectivity index (χ1) is 15.0. The van der Waals surface area contributed by atoms with Crippen LogP contribution in [0.1, 0.15) is 22.3 Å². The van der Waals surface area contributed by atoms with Gasteiger partial charge in [-0.05, 0) is 42.3 Å². The van der Waals surface area contributed by atoms with Gasteiger partial charge in [-0.15, -0.1) is 0 Å². The van der Waals surface area contributed by atoms with Crippen molar-refractivity contribution in [3.8, 4) is 11.5 Å². The number of nitrogens with one attached hydrogen (secondary N) is 1. The molecule has 2 unspecified atom stereocenters. The molecule has 3 aromatic rings. The number of ketones is 1. The lowest BCUT2D eigenvalue weighted by Gasteiger charge is -2.18. The molecule has 31 heavy (non-hydrogen) atoms. The highest BCUT2D eigenvalue weighted by Crippen LogP contribution is 2.57. The second kappa shape index (κ2) is 8.40. The molecule has 0 aliphatic heterocycles. The first-order valence-electron chi connectivity index (χ1n) is 9.75. The minimum Gasteiger partial charge on any atom is -0.493 e. The summed E-state index contributed by atoms with van der Waals surface area (Å²) in [6.45, 7) is 0. The number of Topliss-reactive ketones (excluding diaryl/α,β-unsaturated/α-hetero) is 1. The molecule has 6 nitrogen and oxygen atoms in total. The van der Waals surface area contributed by atoms with E-state index in [4.69, 9.17) is 21.1 Å². The number of hydrogen-bond acceptors (Lipinski definition) is 5. The molecule has 1 heterocycles. The van der Waals surface area contributed by atoms with Crippen molar-refractivity contribution in [2.75, 3.05) is 19.5 Å². The maximum atomic E-state index is 13.7. The third-order valence-corrected chi connectivity index (χ3v) is 5.79. The standard InChI is InChI=1S/C24H21ClN2O4/c1-30-18-12-11-15(13-19(18)31-2)22(28)24(16-7-4-3-5-8-16)14-17(24)23(29)27-21-10-6-9-20(25)26-21/h3-13,17H,14H2,1-2H3,(H,26,27,29). The summed E-state index contributed by atoms with van der Waals surface area (Å²) >= 11 is 5.92. The molecule has 1 aliphatic rings. The molecule has 1 saturated carbocycles. The van der Waals surface area contributed by atoms with Crippen molar-refractivity contribution in [1.29, 1.82) is 0 Å². The summed E-state index contributed by atoms with van der Waals surface area (Å²) in [6.07, 6.45) is 0.399. The van der Waals surface area contributed by atoms with Gasteiger partial charge < -0.3 is 14.8 Å². The van der Waals surface area contributed by atoms with Gasteiger partial charge in [-0.25, -0.2) is 4.98 Å². The Morgan fingerprint density at radius 3 is 2.42 bits per heavy atom. The fourth-order valence-corrected chi connectivity index (χ4v) is 4.11. The van der Waals surface area contributed by atoms with E-state index in [2.05, 4.69) is 10.3 Å². The molecule has 1 amide bonds. The molecule has 1 aliphatic carbocycles. The van der Waals surface area contributed by atoms with Crippen molar-refractivity contribution in [3.63, 3.8) is 0 Å². The van der Waals surface area contributed by atoms with Crippen molar-refractivity contribution in [2.24, 2.45) is 5.92 Å². The summed E-state index contributed by atoms with van der Waals surface area (Å²) in [5.41, 5.74) is 0.301. The lowest BCUT2D eigenvalue weighted by Crippen LogP contribution is -2.28. The molecule has 1 aromatic heterocycles. The second-order valence-electron chi connectivity index (χ2n) is 7.33. The Morgan fingerprint density at radius 1 is 1.00 bits per heavy atom. The molecule has 0 spiro atoms. The second-order valence-corrected chi connectivity index (χ2v) is 7.72. The molecule has 1 fully saturated rings. The summed E-state index contributed by atoms with van der Waals surface area (Å²) in [5, 5.41) is 3.07. The van der Waals surface area contributed by atoms with Crippen molar-refractivity contribution in [2.45, 2.75) is 11.8 Å². The van der Waals surface area contributed by atoms with Crippen LogP contribution in [-0.2, 0) is 10.2 Å². The first-order valence-corrected chi connectivity index (χ1v) is 10.1. The van der Waals surface area contributed by atoms with Gasteiger partial charge in [-0.3, -0.25) is 9.59 Å². The molecule has 0 bridgehead atoms. The van der Waals surface area contributed by atoms with Crippen LogP contribution in [0.4, 0.5) is 5.82 Å². The van der Waals surface area contributed by atoms with Crippen LogP contribution in [0.3, 0.4) is 0 Å². The average Bonchev–Trinajstić information content (AvgIpc) is 3.56. The molecule has 7 heteroatoms. The monoisotopic (exact) mass is 436 g/mol. The topological polar surface area (TPSA) is 77.5 Å². The van der Waals surface area contributed by atoms with Crippen LogP contribution in [0, 0.1) is 5.92 Å². The van der Waals surface area contributed by atoms with Gasteiger partial charge in [-0.2, -0.15) is 0 Å². The van der Waals surface area contributed by atoms with Crippen LogP contribution in [0.15, 0.2) is 66.7 Å². The zero-order valence-electron chi connectivity index (χ0n) is 17.1. The van der Waals surface area contributed by atoms with Crippen LogP contribution in [0.25, 0.3) is 0 Å². The number of anilines is 1. The van der Waals surface area contributed by atoms with Crippen molar-refractivity contribution in [3.05, 3.63) is 83.0 Å². The Morgan fingerprint density at radius 2 is 1.74 bits per heavy atom. The highest BCUT2D eigenvalue weighted by molar-refractivity contribution is 6.29. The Balaban J connectivity index is 1.68. The van der Waals surface area contributed by atoms with Crippen molar-refractivity contribution >= 4 is 29.1 Å². The molecular weight excluding hydrogens is 416 g/mol. The van der Waals surface area contributed by atoms with Crippen LogP contribution in [0.5, 0.6) is 11.5 Å². The number of nitrogens with zero attached hydrogens (tertiary/aromatic N) is 1. The van der Waals surface area contributed by atoms with Gasteiger partial charge in [0.15, 0.2) is 17.3 Å². The molecular formula is C24H21ClN2O4. The first kappa shape index (κ1) is 20.9. The Kier molecular flexibility index (Phi) is 5.65. The maximum absolute atomic E-state index is 13.7. The number of aromatic nitrogens is 1. The van der Waals surface area contributed by atoms with E-state index in [-0.39, 0.29) is 16.8 Å². The van der Waals surface area contributed by atoms with Crippen molar-refractivity contribution in [1.82, 2.24) is 4.98 Å². The number of carbonyl (C=O) groups is 2. The SMILES string of the molecule is COc1ccc(C(=O)C2(c3ccccc3)CC2C(=O)Nc2cccc(Cl)n2)cc1OC. The summed E-state index contributed by atoms with van der Waals surface area (Å²) in [4.78, 5) is 30.9. The number of amides is 1. The van der Waals surface area contributed by atoms with Gasteiger partial charge in [0.25, 0.3) is 0 Å². The average molecular weight is 437 g/mol. The van der Waals surface area contributed by atoms with E-state index in [0.29, 0.717) is 29.3 Å². The minimum absolute atomic E-state index is 0.140. The number of carbonyl (C=O) groups excluding carboxylic acids is 2. The van der Waals surface area contributed by atoms with Gasteiger partial charge in [-0.1, -0.05) is 48.0 Å². The van der Waals surface area contributed by atoms with E-state index in [1.165, 1.54) is 14.2 Å². The minimum atomic E-state index is -0.955. The van der Waals surface area contributed by atoms with Gasteiger partial charge in [0.1, 0.15) is 11.0 Å². The number of methoxy groups -OCH3 is 2. The number of rotatable bonds is 7. The van der Waals surface area contributed by atoms with Crippen LogP contribution in [0.2, 0.25) is 5.15 Å². The van der Waals surface area contributed by atoms with E-state index in [0.717, 1.165) is 5.56 Å². The summed E-state index contributed by atoms with van der Waals surface area (Å²) in [7, 11) is 3.06. The van der Waals surface area contributed by atoms with Gasteiger partial charge in [0.2, 0.25) is 5.91 Å². The highest BCUT2D eigenvalue weighted by atomic mass is 35.5. The lowest BCUT2D eigenvalue weighted by atomic mass is 9.85. The Labute approximate surface area is 185 Å². The van der Waals surface area contributed by atoms with E-state index in [1.807, 2.05) is 30.3 Å². The molecule has 0 radical (unpaired) electrons. The molecule has 158 valence electrons. The van der Waals surface area contributed by atoms with Gasteiger partial charge >= 0.3 is 0 Å². The number of hydrogen-bond donors (Lipinski definition) is 1. The van der Waals surface area contributed by atoms with E-state index in [1.54, 1.807) is 36.4 Å². The number of pyridine rings is 1. The third-order valence-electron chi connectivity index (χ3n) is 5.58. The van der Waals surface area contributed by atoms with Crippen LogP contribution in [-0.4, -0.2) is 30.9 Å². The number of halogens is 1. The van der Waals surface area contributed by atoms with Crippen LogP contribution >= 0.6 is 11.6 Å². The molecule has 2 aromatic carbocycles. The normalized spacial score (nSPS) is 19.4. The number of ether oxygens (including phenoxy) is 2. The van der Waals surface area contributed by atoms with Gasteiger partial charge in [0.05, 0.1) is 25.6 Å². The maximum Gasteiger partial charge on any atom is 0.230 e. The Bertz CT molecular complexity index is 1140. The zero-order valence-corrected chi connectivity index (χ0v) is 17.8. The quantitative estimate of drug-likeness (QED) is 0.435. The highest BCUT2D eigenvalue weighted by Gasteiger charge is 2.64. The number of benzene rings is 2. The third kappa shape index (κ3) is 3.86. The molecule has 1 N–H and O–H groups in total. The van der Waals surface area contributed by atoms with Gasteiger partial charge in [0, 0.05) is 5.56 Å². The van der Waals surface area contributed by atoms with Crippen LogP contribution < -0.4 is 14.8 Å². The predicted octanol–water partition coefficient (Wildman–Crippen LogP) is 4.53. The molecule has 4 rings (SSSR count). The lowest BCUT2D eigenvalue weighted by molar-refractivity contribution is -0.117. The molecule has 0 saturated heterocycles. The van der Waals surface area contributed by atoms with Crippen molar-refractivity contribution < 1.29 is 19.1 Å². The largest absolute Gasteiger partial charge is 0.493 e. The van der Waals surface area contributed by atoms with E-state index < -0.39 is 11.3 Å². The molecule has 2 atom stereocenters. The van der Waals surface area contributed by atoms with E-state index in [9.17, 15) is 9.59 Å². The summed E-state index contributed by atoms with van der Waals surface area (Å²) < 4.78 is 10.6. The van der Waals surface area contributed by atoms with E-state index >= 15 is 0 Å². The smallest absolute Gasteiger partial charge is 0.230 e.